The van der Waals surface area contributed by atoms with Gasteiger partial charge < -0.3 is 34.6 Å². The molecule has 0 radical (unpaired) electrons. The molecule has 0 aliphatic carbocycles. The van der Waals surface area contributed by atoms with Crippen molar-refractivity contribution in [3.63, 3.8) is 0 Å². The molecule has 0 aromatic rings. The molecule has 11 atom stereocenters. The normalized spacial score (nSPS) is 47.8. The molecule has 0 aromatic heterocycles. The number of ketones is 1. The van der Waals surface area contributed by atoms with Crippen molar-refractivity contribution < 1.29 is 39.4 Å². The predicted molar refractivity (Wildman–Crippen MR) is 126 cm³/mol. The third-order valence-corrected chi connectivity index (χ3v) is 7.95. The minimum Gasteiger partial charge on any atom is -0.392 e. The van der Waals surface area contributed by atoms with Crippen LogP contribution >= 0.6 is 0 Å². The Morgan fingerprint density at radius 3 is 2.06 bits per heavy atom. The van der Waals surface area contributed by atoms with Gasteiger partial charge in [0, 0.05) is 44.3 Å². The molecule has 0 saturated carbocycles. The Kier molecular flexibility index (Phi) is 11.4. The Labute approximate surface area is 199 Å². The zero-order valence-corrected chi connectivity index (χ0v) is 21.9. The van der Waals surface area contributed by atoms with E-state index in [2.05, 4.69) is 0 Å². The molecule has 1 fully saturated rings. The van der Waals surface area contributed by atoms with Crippen LogP contribution in [-0.4, -0.2) is 89.3 Å². The van der Waals surface area contributed by atoms with Crippen LogP contribution in [0.4, 0.5) is 0 Å². The average Bonchev–Trinajstić information content (AvgIpc) is 2.74. The fourth-order valence-corrected chi connectivity index (χ4v) is 5.51. The van der Waals surface area contributed by atoms with Crippen molar-refractivity contribution in [1.82, 2.24) is 0 Å². The second kappa shape index (κ2) is 12.4. The summed E-state index contributed by atoms with van der Waals surface area (Å²) in [4.78, 5) is 12.8. The molecular weight excluding hydrogens is 428 g/mol. The number of carbonyl (C=O) groups excluding carboxylic acids is 1. The molecular formula is C25H48O8. The summed E-state index contributed by atoms with van der Waals surface area (Å²) >= 11 is 0. The molecule has 8 heteroatoms. The maximum Gasteiger partial charge on any atom is 0.140 e. The summed E-state index contributed by atoms with van der Waals surface area (Å²) in [5.41, 5.74) is -2.86. The molecule has 0 spiro atoms. The van der Waals surface area contributed by atoms with Gasteiger partial charge in [0.2, 0.25) is 0 Å². The first-order valence-corrected chi connectivity index (χ1v) is 12.1. The molecule has 4 N–H and O–H groups in total. The number of Topliss-reactive ketones (excluding diaryl/α,β-unsaturated/α-hetero) is 1. The highest BCUT2D eigenvalue weighted by molar-refractivity contribution is 5.81. The Morgan fingerprint density at radius 1 is 0.970 bits per heavy atom. The van der Waals surface area contributed by atoms with Crippen LogP contribution in [0.1, 0.15) is 61.3 Å². The molecule has 11 unspecified atom stereocenters. The molecule has 0 bridgehead atoms. The fourth-order valence-electron chi connectivity index (χ4n) is 5.51. The van der Waals surface area contributed by atoms with E-state index in [-0.39, 0.29) is 37.8 Å². The number of rotatable bonds is 2. The lowest BCUT2D eigenvalue weighted by atomic mass is 9.73. The van der Waals surface area contributed by atoms with E-state index in [0.717, 1.165) is 0 Å². The summed E-state index contributed by atoms with van der Waals surface area (Å²) in [6.45, 7) is 12.5. The summed E-state index contributed by atoms with van der Waals surface area (Å²) < 4.78 is 17.1. The second-order valence-electron chi connectivity index (χ2n) is 10.8. The standard InChI is InChI=1S/C25H48O8/c1-14-12-24(6,29)23(32-9)18(5)21(31-8)16(3)19(26)10-11-33-13-15(2)25(7,30)22(28)17(4)20(14)27/h14-18,20-23,27-30H,10-13H2,1-9H3. The van der Waals surface area contributed by atoms with E-state index in [0.29, 0.717) is 0 Å². The Hall–Kier alpha value is -0.610. The van der Waals surface area contributed by atoms with Crippen LogP contribution in [0.25, 0.3) is 0 Å². The number of aliphatic hydroxyl groups excluding tert-OH is 2. The quantitative estimate of drug-likeness (QED) is 0.475. The molecule has 1 aliphatic heterocycles. The zero-order chi connectivity index (χ0) is 25.7. The van der Waals surface area contributed by atoms with Crippen LogP contribution in [0.3, 0.4) is 0 Å². The average molecular weight is 477 g/mol. The van der Waals surface area contributed by atoms with Crippen molar-refractivity contribution in [2.45, 2.75) is 96.9 Å². The summed E-state index contributed by atoms with van der Waals surface area (Å²) in [5, 5.41) is 44.3. The van der Waals surface area contributed by atoms with E-state index >= 15 is 0 Å². The number of ether oxygens (including phenoxy) is 3. The zero-order valence-electron chi connectivity index (χ0n) is 21.9. The molecule has 8 nitrogen and oxygen atoms in total. The molecule has 33 heavy (non-hydrogen) atoms. The van der Waals surface area contributed by atoms with Gasteiger partial charge in [-0.25, -0.2) is 0 Å². The van der Waals surface area contributed by atoms with Crippen LogP contribution in [0.15, 0.2) is 0 Å². The van der Waals surface area contributed by atoms with Crippen LogP contribution in [-0.2, 0) is 19.0 Å². The van der Waals surface area contributed by atoms with Gasteiger partial charge in [0.25, 0.3) is 0 Å². The van der Waals surface area contributed by atoms with Gasteiger partial charge in [-0.2, -0.15) is 0 Å². The Balaban J connectivity index is 3.34. The van der Waals surface area contributed by atoms with Crippen molar-refractivity contribution in [3.8, 4) is 0 Å². The van der Waals surface area contributed by atoms with Gasteiger partial charge in [-0.05, 0) is 26.2 Å². The molecule has 0 aromatic carbocycles. The van der Waals surface area contributed by atoms with E-state index in [1.807, 2.05) is 6.92 Å². The maximum atomic E-state index is 12.8. The van der Waals surface area contributed by atoms with Gasteiger partial charge >= 0.3 is 0 Å². The highest BCUT2D eigenvalue weighted by atomic mass is 16.5. The van der Waals surface area contributed by atoms with E-state index in [9.17, 15) is 25.2 Å². The Morgan fingerprint density at radius 2 is 1.55 bits per heavy atom. The van der Waals surface area contributed by atoms with E-state index in [1.54, 1.807) is 41.7 Å². The van der Waals surface area contributed by atoms with E-state index in [1.165, 1.54) is 14.0 Å². The number of methoxy groups -OCH3 is 2. The number of hydrogen-bond acceptors (Lipinski definition) is 8. The monoisotopic (exact) mass is 476 g/mol. The van der Waals surface area contributed by atoms with Crippen molar-refractivity contribution >= 4 is 5.78 Å². The number of hydrogen-bond donors (Lipinski definition) is 4. The van der Waals surface area contributed by atoms with Crippen molar-refractivity contribution in [3.05, 3.63) is 0 Å². The summed E-state index contributed by atoms with van der Waals surface area (Å²) in [5.74, 6) is -2.29. The van der Waals surface area contributed by atoms with Gasteiger partial charge in [-0.3, -0.25) is 4.79 Å². The van der Waals surface area contributed by atoms with Crippen molar-refractivity contribution in [1.29, 1.82) is 0 Å². The minimum absolute atomic E-state index is 0.0237. The summed E-state index contributed by atoms with van der Waals surface area (Å²) in [6, 6.07) is 0. The van der Waals surface area contributed by atoms with Crippen molar-refractivity contribution in [2.75, 3.05) is 27.4 Å². The van der Waals surface area contributed by atoms with Crippen molar-refractivity contribution in [2.24, 2.45) is 29.6 Å². The summed E-state index contributed by atoms with van der Waals surface area (Å²) in [6.07, 6.45) is -2.97. The largest absolute Gasteiger partial charge is 0.392 e. The summed E-state index contributed by atoms with van der Waals surface area (Å²) in [7, 11) is 3.06. The fraction of sp³-hybridized carbons (Fsp3) is 0.960. The van der Waals surface area contributed by atoms with Gasteiger partial charge in [-0.1, -0.05) is 34.6 Å². The third kappa shape index (κ3) is 7.19. The lowest BCUT2D eigenvalue weighted by Crippen LogP contribution is -2.54. The van der Waals surface area contributed by atoms with E-state index in [4.69, 9.17) is 14.2 Å². The van der Waals surface area contributed by atoms with Gasteiger partial charge in [0.1, 0.15) is 5.78 Å². The molecule has 1 heterocycles. The molecule has 1 aliphatic rings. The number of carbonyl (C=O) groups is 1. The molecule has 1 saturated heterocycles. The highest BCUT2D eigenvalue weighted by Crippen LogP contribution is 2.36. The van der Waals surface area contributed by atoms with E-state index < -0.39 is 59.3 Å². The van der Waals surface area contributed by atoms with Crippen LogP contribution in [0.2, 0.25) is 0 Å². The Bertz CT molecular complexity index is 607. The first-order valence-electron chi connectivity index (χ1n) is 12.1. The van der Waals surface area contributed by atoms with Crippen LogP contribution in [0, 0.1) is 29.6 Å². The van der Waals surface area contributed by atoms with Gasteiger partial charge in [0.15, 0.2) is 0 Å². The number of aliphatic hydroxyl groups is 4. The minimum atomic E-state index is -1.52. The highest BCUT2D eigenvalue weighted by Gasteiger charge is 2.46. The molecule has 1 rings (SSSR count). The van der Waals surface area contributed by atoms with Gasteiger partial charge in [0.05, 0.1) is 48.8 Å². The molecule has 0 amide bonds. The lowest BCUT2D eigenvalue weighted by molar-refractivity contribution is -0.164. The molecule has 196 valence electrons. The third-order valence-electron chi connectivity index (χ3n) is 7.95. The second-order valence-corrected chi connectivity index (χ2v) is 10.8. The van der Waals surface area contributed by atoms with Crippen LogP contribution < -0.4 is 0 Å². The topological polar surface area (TPSA) is 126 Å². The van der Waals surface area contributed by atoms with Gasteiger partial charge in [-0.15, -0.1) is 0 Å². The smallest absolute Gasteiger partial charge is 0.140 e. The SMILES string of the molecule is COC1C(C)C(=O)CCOCC(C)C(C)(O)C(O)C(C)C(O)C(C)CC(C)(O)C(OC)C1C. The van der Waals surface area contributed by atoms with Crippen LogP contribution in [0.5, 0.6) is 0 Å². The first-order chi connectivity index (χ1) is 15.1. The first kappa shape index (κ1) is 30.4. The predicted octanol–water partition coefficient (Wildman–Crippen LogP) is 1.80. The maximum absolute atomic E-state index is 12.8. The lowest BCUT2D eigenvalue weighted by Gasteiger charge is -2.43.